The Labute approximate surface area is 177 Å². The molecule has 1 aromatic heterocycles. The molecule has 0 unspecified atom stereocenters. The Morgan fingerprint density at radius 3 is 2.27 bits per heavy atom. The Morgan fingerprint density at radius 2 is 1.53 bits per heavy atom. The number of hydrogen-bond donors (Lipinski definition) is 0. The molecule has 2 atom stereocenters. The van der Waals surface area contributed by atoms with Gasteiger partial charge in [-0.2, -0.15) is 0 Å². The van der Waals surface area contributed by atoms with E-state index in [9.17, 15) is 9.59 Å². The molecule has 3 fully saturated rings. The lowest BCUT2D eigenvalue weighted by Crippen LogP contribution is -2.36. The second-order valence-electron chi connectivity index (χ2n) is 9.13. The summed E-state index contributed by atoms with van der Waals surface area (Å²) in [5.74, 6) is 0.174. The molecular weight excluding hydrogens is 378 g/mol. The van der Waals surface area contributed by atoms with Crippen LogP contribution < -0.4 is 0 Å². The molecule has 1 aromatic carbocycles. The number of fused-ring (bicyclic) bond motifs is 2. The normalized spacial score (nSPS) is 25.9. The molecule has 3 heterocycles. The molecule has 2 aliphatic heterocycles. The van der Waals surface area contributed by atoms with Gasteiger partial charge in [0.25, 0.3) is 0 Å². The maximum atomic E-state index is 12.6. The first-order valence-electron chi connectivity index (χ1n) is 11.6. The molecule has 2 saturated heterocycles. The first-order chi connectivity index (χ1) is 14.7. The van der Waals surface area contributed by atoms with Crippen molar-refractivity contribution in [3.05, 3.63) is 24.3 Å². The van der Waals surface area contributed by atoms with Gasteiger partial charge in [-0.3, -0.25) is 14.5 Å². The van der Waals surface area contributed by atoms with Gasteiger partial charge in [-0.15, -0.1) is 5.10 Å². The Hall–Kier alpha value is -2.28. The highest BCUT2D eigenvalue weighted by Crippen LogP contribution is 2.38. The van der Waals surface area contributed by atoms with Gasteiger partial charge in [-0.1, -0.05) is 30.2 Å². The highest BCUT2D eigenvalue weighted by atomic mass is 16.2. The second-order valence-corrected chi connectivity index (χ2v) is 9.13. The van der Waals surface area contributed by atoms with Crippen LogP contribution in [-0.2, 0) is 9.59 Å². The van der Waals surface area contributed by atoms with Crippen molar-refractivity contribution >= 4 is 22.8 Å². The predicted molar refractivity (Wildman–Crippen MR) is 114 cm³/mol. The summed E-state index contributed by atoms with van der Waals surface area (Å²) < 4.78 is 2.09. The second kappa shape index (κ2) is 8.46. The summed E-state index contributed by atoms with van der Waals surface area (Å²) in [6, 6.07) is 8.57. The summed E-state index contributed by atoms with van der Waals surface area (Å²) in [7, 11) is 0. The number of benzene rings is 1. The number of carbonyl (C=O) groups excluding carboxylic acids is 2. The van der Waals surface area contributed by atoms with E-state index in [4.69, 9.17) is 0 Å². The number of amides is 2. The van der Waals surface area contributed by atoms with Crippen LogP contribution in [-0.4, -0.2) is 62.8 Å². The van der Waals surface area contributed by atoms with E-state index in [0.29, 0.717) is 12.6 Å². The maximum Gasteiger partial charge on any atom is 0.233 e. The van der Waals surface area contributed by atoms with E-state index in [1.165, 1.54) is 0 Å². The highest BCUT2D eigenvalue weighted by Gasteiger charge is 2.47. The van der Waals surface area contributed by atoms with Gasteiger partial charge >= 0.3 is 0 Å². The van der Waals surface area contributed by atoms with Crippen molar-refractivity contribution in [3.8, 4) is 0 Å². The smallest absolute Gasteiger partial charge is 0.233 e. The summed E-state index contributed by atoms with van der Waals surface area (Å²) in [6.07, 6.45) is 8.10. The maximum absolute atomic E-state index is 12.6. The van der Waals surface area contributed by atoms with Crippen LogP contribution >= 0.6 is 0 Å². The van der Waals surface area contributed by atoms with Gasteiger partial charge in [0, 0.05) is 19.6 Å². The number of nitrogens with zero attached hydrogens (tertiary/aromatic N) is 5. The number of hydrogen-bond acceptors (Lipinski definition) is 5. The molecule has 7 heteroatoms. The monoisotopic (exact) mass is 409 g/mol. The fourth-order valence-electron chi connectivity index (χ4n) is 5.60. The minimum atomic E-state index is -0.0156. The predicted octanol–water partition coefficient (Wildman–Crippen LogP) is 3.02. The van der Waals surface area contributed by atoms with Crippen LogP contribution in [0.2, 0.25) is 0 Å². The van der Waals surface area contributed by atoms with Crippen molar-refractivity contribution in [2.75, 3.05) is 26.2 Å². The van der Waals surface area contributed by atoms with Crippen LogP contribution in [0, 0.1) is 11.8 Å². The van der Waals surface area contributed by atoms with Gasteiger partial charge in [0.1, 0.15) is 5.52 Å². The zero-order chi connectivity index (χ0) is 20.5. The number of carbonyl (C=O) groups is 2. The summed E-state index contributed by atoms with van der Waals surface area (Å²) in [4.78, 5) is 29.2. The molecule has 2 amide bonds. The zero-order valence-electron chi connectivity index (χ0n) is 17.6. The third-order valence-electron chi connectivity index (χ3n) is 7.32. The fraction of sp³-hybridized carbons (Fsp3) is 0.652. The Kier molecular flexibility index (Phi) is 5.54. The molecule has 0 N–H and O–H groups in total. The lowest BCUT2D eigenvalue weighted by molar-refractivity contribution is -0.140. The van der Waals surface area contributed by atoms with Crippen LogP contribution in [0.25, 0.3) is 11.0 Å². The standard InChI is InChI=1S/C23H31N5O2/c29-22-18-7-1-2-8-19(18)23(30)27(22)14-6-5-13-26-15-11-17(12-16-26)28-21-10-4-3-9-20(21)24-25-28/h3-4,9-10,17-19H,1-2,5-8,11-16H2/t18-,19+. The van der Waals surface area contributed by atoms with Crippen LogP contribution in [0.3, 0.4) is 0 Å². The number of unbranched alkanes of at least 4 members (excludes halogenated alkanes) is 1. The first-order valence-corrected chi connectivity index (χ1v) is 11.6. The van der Waals surface area contributed by atoms with Crippen LogP contribution in [0.5, 0.6) is 0 Å². The van der Waals surface area contributed by atoms with Crippen LogP contribution in [0.1, 0.15) is 57.4 Å². The molecule has 0 bridgehead atoms. The molecule has 1 saturated carbocycles. The summed E-state index contributed by atoms with van der Waals surface area (Å²) in [5.41, 5.74) is 2.09. The first kappa shape index (κ1) is 19.7. The van der Waals surface area contributed by atoms with Crippen LogP contribution in [0.15, 0.2) is 24.3 Å². The third-order valence-corrected chi connectivity index (χ3v) is 7.32. The lowest BCUT2D eigenvalue weighted by atomic mass is 9.81. The molecule has 30 heavy (non-hydrogen) atoms. The average molecular weight is 410 g/mol. The summed E-state index contributed by atoms with van der Waals surface area (Å²) in [6.45, 7) is 3.76. The SMILES string of the molecule is O=C1[C@H]2CCCC[C@H]2C(=O)N1CCCCN1CCC(n2nnc3ccccc32)CC1. The summed E-state index contributed by atoms with van der Waals surface area (Å²) in [5, 5.41) is 8.68. The lowest BCUT2D eigenvalue weighted by Gasteiger charge is -2.32. The summed E-state index contributed by atoms with van der Waals surface area (Å²) >= 11 is 0. The third kappa shape index (κ3) is 3.64. The van der Waals surface area contributed by atoms with Crippen molar-refractivity contribution < 1.29 is 9.59 Å². The zero-order valence-corrected chi connectivity index (χ0v) is 17.6. The van der Waals surface area contributed by atoms with Crippen molar-refractivity contribution in [2.24, 2.45) is 11.8 Å². The molecule has 7 nitrogen and oxygen atoms in total. The molecule has 0 radical (unpaired) electrons. The Balaban J connectivity index is 1.06. The van der Waals surface area contributed by atoms with Crippen molar-refractivity contribution in [3.63, 3.8) is 0 Å². The fourth-order valence-corrected chi connectivity index (χ4v) is 5.60. The molecular formula is C23H31N5O2. The number of imide groups is 1. The van der Waals surface area contributed by atoms with E-state index in [-0.39, 0.29) is 23.7 Å². The molecule has 1 aliphatic carbocycles. The van der Waals surface area contributed by atoms with Gasteiger partial charge in [-0.05, 0) is 57.2 Å². The molecule has 3 aliphatic rings. The minimum absolute atomic E-state index is 0.0156. The van der Waals surface area contributed by atoms with Crippen molar-refractivity contribution in [1.29, 1.82) is 0 Å². The van der Waals surface area contributed by atoms with E-state index < -0.39 is 0 Å². The molecule has 0 spiro atoms. The van der Waals surface area contributed by atoms with Crippen LogP contribution in [0.4, 0.5) is 0 Å². The molecule has 160 valence electrons. The van der Waals surface area contributed by atoms with Crippen molar-refractivity contribution in [2.45, 2.75) is 57.4 Å². The van der Waals surface area contributed by atoms with Gasteiger partial charge in [0.15, 0.2) is 0 Å². The van der Waals surface area contributed by atoms with Gasteiger partial charge < -0.3 is 4.90 Å². The number of aromatic nitrogens is 3. The quantitative estimate of drug-likeness (QED) is 0.542. The Bertz CT molecular complexity index is 893. The van der Waals surface area contributed by atoms with E-state index >= 15 is 0 Å². The van der Waals surface area contributed by atoms with Crippen molar-refractivity contribution in [1.82, 2.24) is 24.8 Å². The minimum Gasteiger partial charge on any atom is -0.303 e. The van der Waals surface area contributed by atoms with Gasteiger partial charge in [0.05, 0.1) is 23.4 Å². The van der Waals surface area contributed by atoms with Gasteiger partial charge in [-0.25, -0.2) is 4.68 Å². The van der Waals surface area contributed by atoms with E-state index in [0.717, 1.165) is 82.0 Å². The molecule has 5 rings (SSSR count). The molecule has 2 aromatic rings. The van der Waals surface area contributed by atoms with Gasteiger partial charge in [0.2, 0.25) is 11.8 Å². The number of rotatable bonds is 6. The largest absolute Gasteiger partial charge is 0.303 e. The number of likely N-dealkylation sites (tertiary alicyclic amines) is 2. The highest BCUT2D eigenvalue weighted by molar-refractivity contribution is 6.05. The van der Waals surface area contributed by atoms with E-state index in [1.54, 1.807) is 4.90 Å². The number of piperidine rings is 1. The van der Waals surface area contributed by atoms with E-state index in [1.807, 2.05) is 18.2 Å². The van der Waals surface area contributed by atoms with E-state index in [2.05, 4.69) is 26.0 Å². The topological polar surface area (TPSA) is 71.3 Å². The average Bonchev–Trinajstić information content (AvgIpc) is 3.32. The number of para-hydroxylation sites is 1. The Morgan fingerprint density at radius 1 is 0.867 bits per heavy atom.